The molecule has 31 heavy (non-hydrogen) atoms. The van der Waals surface area contributed by atoms with Crippen LogP contribution in [0.3, 0.4) is 0 Å². The maximum absolute atomic E-state index is 13.8. The molecule has 0 saturated carbocycles. The summed E-state index contributed by atoms with van der Waals surface area (Å²) in [5.74, 6) is -2.08. The number of hydrogen-bond acceptors (Lipinski definition) is 3. The van der Waals surface area contributed by atoms with E-state index in [0.29, 0.717) is 10.7 Å². The molecule has 2 atom stereocenters. The predicted octanol–water partition coefficient (Wildman–Crippen LogP) is 4.54. The van der Waals surface area contributed by atoms with Crippen molar-refractivity contribution in [3.05, 3.63) is 99.0 Å². The summed E-state index contributed by atoms with van der Waals surface area (Å²) < 4.78 is 0. The number of imide groups is 1. The lowest BCUT2D eigenvalue weighted by molar-refractivity contribution is -0.124. The lowest BCUT2D eigenvalue weighted by Gasteiger charge is -2.53. The average molecular weight is 450 g/mol. The Labute approximate surface area is 189 Å². The SMILES string of the molecule is O=C1[C@@H]2C3c4ccccc4C(CO)(c4ccccc43)[C@H]2C(=O)N1c1ccc(Cl)c(Cl)c1. The number of hydrogen-bond donors (Lipinski definition) is 1. The van der Waals surface area contributed by atoms with Crippen LogP contribution in [0.1, 0.15) is 28.2 Å². The molecular weight excluding hydrogens is 433 g/mol. The highest BCUT2D eigenvalue weighted by molar-refractivity contribution is 6.42. The minimum Gasteiger partial charge on any atom is -0.395 e. The molecule has 0 spiro atoms. The Morgan fingerprint density at radius 2 is 1.45 bits per heavy atom. The highest BCUT2D eigenvalue weighted by atomic mass is 35.5. The molecule has 2 amide bonds. The van der Waals surface area contributed by atoms with Crippen molar-refractivity contribution < 1.29 is 14.7 Å². The van der Waals surface area contributed by atoms with Crippen LogP contribution in [-0.4, -0.2) is 23.5 Å². The normalized spacial score (nSPS) is 27.8. The van der Waals surface area contributed by atoms with Crippen molar-refractivity contribution >= 4 is 40.7 Å². The van der Waals surface area contributed by atoms with Crippen molar-refractivity contribution in [2.75, 3.05) is 11.5 Å². The van der Waals surface area contributed by atoms with Gasteiger partial charge in [0.15, 0.2) is 0 Å². The molecule has 154 valence electrons. The van der Waals surface area contributed by atoms with Crippen LogP contribution in [-0.2, 0) is 15.0 Å². The molecule has 4 nitrogen and oxygen atoms in total. The summed E-state index contributed by atoms with van der Waals surface area (Å²) in [6, 6.07) is 20.5. The van der Waals surface area contributed by atoms with E-state index in [9.17, 15) is 14.7 Å². The summed E-state index contributed by atoms with van der Waals surface area (Å²) in [5, 5.41) is 11.5. The standard InChI is InChI=1S/C25H17Cl2NO3/c26-18-10-9-13(11-19(18)27)28-23(30)21-20-14-5-1-3-7-16(14)25(12-29,22(21)24(28)31)17-8-4-2-6-15(17)20/h1-11,20-22,29H,12H2/t20?,21-,22-,25?/m1/s1. The van der Waals surface area contributed by atoms with Crippen LogP contribution in [0.25, 0.3) is 0 Å². The lowest BCUT2D eigenvalue weighted by Crippen LogP contribution is -2.55. The van der Waals surface area contributed by atoms with E-state index >= 15 is 0 Å². The number of halogens is 2. The molecule has 0 unspecified atom stereocenters. The first-order chi connectivity index (χ1) is 15.0. The van der Waals surface area contributed by atoms with E-state index in [1.807, 2.05) is 48.5 Å². The monoisotopic (exact) mass is 449 g/mol. The van der Waals surface area contributed by atoms with E-state index in [2.05, 4.69) is 0 Å². The van der Waals surface area contributed by atoms with Gasteiger partial charge in [-0.05, 0) is 40.5 Å². The van der Waals surface area contributed by atoms with Gasteiger partial charge in [0.05, 0.1) is 39.6 Å². The molecule has 2 bridgehead atoms. The highest BCUT2D eigenvalue weighted by Gasteiger charge is 2.68. The number of anilines is 1. The van der Waals surface area contributed by atoms with E-state index in [-0.39, 0.29) is 29.4 Å². The van der Waals surface area contributed by atoms with Crippen molar-refractivity contribution in [1.82, 2.24) is 0 Å². The third-order valence-corrected chi connectivity index (χ3v) is 7.94. The largest absolute Gasteiger partial charge is 0.395 e. The molecule has 1 aliphatic heterocycles. The molecule has 3 aromatic rings. The number of rotatable bonds is 2. The zero-order chi connectivity index (χ0) is 21.5. The Morgan fingerprint density at radius 1 is 0.839 bits per heavy atom. The van der Waals surface area contributed by atoms with Crippen LogP contribution < -0.4 is 4.90 Å². The van der Waals surface area contributed by atoms with Gasteiger partial charge in [0.1, 0.15) is 0 Å². The topological polar surface area (TPSA) is 57.6 Å². The van der Waals surface area contributed by atoms with Crippen LogP contribution in [0.2, 0.25) is 10.0 Å². The predicted molar refractivity (Wildman–Crippen MR) is 119 cm³/mol. The zero-order valence-electron chi connectivity index (χ0n) is 16.3. The minimum atomic E-state index is -0.968. The van der Waals surface area contributed by atoms with Crippen molar-refractivity contribution in [1.29, 1.82) is 0 Å². The number of carbonyl (C=O) groups excluding carboxylic acids is 2. The third kappa shape index (κ3) is 2.20. The molecule has 1 N–H and O–H groups in total. The van der Waals surface area contributed by atoms with Crippen molar-refractivity contribution in [2.24, 2.45) is 11.8 Å². The van der Waals surface area contributed by atoms with Crippen molar-refractivity contribution in [3.63, 3.8) is 0 Å². The molecule has 7 rings (SSSR count). The summed E-state index contributed by atoms with van der Waals surface area (Å²) >= 11 is 12.2. The first-order valence-corrected chi connectivity index (χ1v) is 10.9. The van der Waals surface area contributed by atoms with Gasteiger partial charge in [-0.25, -0.2) is 4.90 Å². The van der Waals surface area contributed by atoms with Crippen LogP contribution in [0.5, 0.6) is 0 Å². The molecule has 4 aliphatic rings. The highest BCUT2D eigenvalue weighted by Crippen LogP contribution is 2.64. The molecule has 0 radical (unpaired) electrons. The van der Waals surface area contributed by atoms with Gasteiger partial charge in [-0.3, -0.25) is 9.59 Å². The van der Waals surface area contributed by atoms with E-state index in [4.69, 9.17) is 23.2 Å². The fourth-order valence-electron chi connectivity index (χ4n) is 6.08. The Hall–Kier alpha value is -2.66. The summed E-state index contributed by atoms with van der Waals surface area (Å²) in [5.41, 5.74) is 3.31. The van der Waals surface area contributed by atoms with Gasteiger partial charge >= 0.3 is 0 Å². The summed E-state index contributed by atoms with van der Waals surface area (Å²) in [6.45, 7) is -0.261. The van der Waals surface area contributed by atoms with Crippen molar-refractivity contribution in [3.8, 4) is 0 Å². The van der Waals surface area contributed by atoms with Crippen LogP contribution in [0, 0.1) is 11.8 Å². The fraction of sp³-hybridized carbons (Fsp3) is 0.200. The Kier molecular flexibility index (Phi) is 3.95. The number of carbonyl (C=O) groups is 2. The number of aliphatic hydroxyl groups excluding tert-OH is 1. The second-order valence-corrected chi connectivity index (χ2v) is 9.21. The lowest BCUT2D eigenvalue weighted by atomic mass is 9.47. The molecular formula is C25H17Cl2NO3. The van der Waals surface area contributed by atoms with Crippen molar-refractivity contribution in [2.45, 2.75) is 11.3 Å². The van der Waals surface area contributed by atoms with Gasteiger partial charge in [-0.2, -0.15) is 0 Å². The molecule has 0 aromatic heterocycles. The Morgan fingerprint density at radius 3 is 2.03 bits per heavy atom. The van der Waals surface area contributed by atoms with E-state index < -0.39 is 17.3 Å². The smallest absolute Gasteiger partial charge is 0.239 e. The number of benzene rings is 3. The Balaban J connectivity index is 1.62. The Bertz CT molecular complexity index is 1240. The summed E-state index contributed by atoms with van der Waals surface area (Å²) in [6.07, 6.45) is 0. The zero-order valence-corrected chi connectivity index (χ0v) is 17.8. The third-order valence-electron chi connectivity index (χ3n) is 7.20. The van der Waals surface area contributed by atoms with Gasteiger partial charge in [0.25, 0.3) is 0 Å². The average Bonchev–Trinajstić information content (AvgIpc) is 3.07. The molecule has 1 fully saturated rings. The number of amides is 2. The number of nitrogens with zero attached hydrogens (tertiary/aromatic N) is 1. The van der Waals surface area contributed by atoms with Crippen LogP contribution in [0.15, 0.2) is 66.7 Å². The molecule has 3 aromatic carbocycles. The van der Waals surface area contributed by atoms with Gasteiger partial charge < -0.3 is 5.11 Å². The van der Waals surface area contributed by atoms with Gasteiger partial charge in [-0.15, -0.1) is 0 Å². The maximum atomic E-state index is 13.8. The van der Waals surface area contributed by atoms with Crippen LogP contribution >= 0.6 is 23.2 Å². The first kappa shape index (κ1) is 19.1. The van der Waals surface area contributed by atoms with Gasteiger partial charge in [0, 0.05) is 5.92 Å². The maximum Gasteiger partial charge on any atom is 0.239 e. The second kappa shape index (κ2) is 6.42. The summed E-state index contributed by atoms with van der Waals surface area (Å²) in [7, 11) is 0. The quantitative estimate of drug-likeness (QED) is 0.584. The number of aliphatic hydroxyl groups is 1. The molecule has 3 aliphatic carbocycles. The first-order valence-electron chi connectivity index (χ1n) is 10.1. The second-order valence-electron chi connectivity index (χ2n) is 8.40. The van der Waals surface area contributed by atoms with E-state index in [0.717, 1.165) is 22.3 Å². The van der Waals surface area contributed by atoms with E-state index in [1.165, 1.54) is 4.90 Å². The van der Waals surface area contributed by atoms with Gasteiger partial charge in [-0.1, -0.05) is 71.7 Å². The fourth-order valence-corrected chi connectivity index (χ4v) is 6.37. The minimum absolute atomic E-state index is 0.241. The molecule has 6 heteroatoms. The van der Waals surface area contributed by atoms with Gasteiger partial charge in [0.2, 0.25) is 11.8 Å². The molecule has 1 saturated heterocycles. The molecule has 1 heterocycles. The summed E-state index contributed by atoms with van der Waals surface area (Å²) in [4.78, 5) is 28.8. The van der Waals surface area contributed by atoms with Crippen LogP contribution in [0.4, 0.5) is 5.69 Å². The van der Waals surface area contributed by atoms with E-state index in [1.54, 1.807) is 18.2 Å².